The Morgan fingerprint density at radius 1 is 1.41 bits per heavy atom. The smallest absolute Gasteiger partial charge is 0.417 e. The van der Waals surface area contributed by atoms with Crippen LogP contribution in [0.1, 0.15) is 28.0 Å². The number of nitrogens with zero attached hydrogens (tertiary/aromatic N) is 1. The van der Waals surface area contributed by atoms with Crippen molar-refractivity contribution in [3.63, 3.8) is 0 Å². The third-order valence-electron chi connectivity index (χ3n) is 1.81. The van der Waals surface area contributed by atoms with Crippen LogP contribution in [0.25, 0.3) is 0 Å². The van der Waals surface area contributed by atoms with Crippen LogP contribution in [-0.4, -0.2) is 16.1 Å². The van der Waals surface area contributed by atoms with Gasteiger partial charge in [-0.25, -0.2) is 18.6 Å². The fraction of sp³-hybridized carbons (Fsp3) is 0.250. The molecular weight excluding hydrogens is 251 g/mol. The molecule has 0 aromatic carbocycles. The second-order valence-corrected chi connectivity index (χ2v) is 2.96. The highest BCUT2D eigenvalue weighted by atomic mass is 19.4. The van der Waals surface area contributed by atoms with E-state index in [9.17, 15) is 26.7 Å². The van der Waals surface area contributed by atoms with E-state index in [0.29, 0.717) is 0 Å². The number of nitrogens with two attached hydrogens (primary N) is 1. The molecule has 1 rings (SSSR count). The molecule has 1 heterocycles. The molecule has 0 spiro atoms. The molecule has 9 heteroatoms. The van der Waals surface area contributed by atoms with Crippen molar-refractivity contribution in [1.29, 1.82) is 0 Å². The highest BCUT2D eigenvalue weighted by Gasteiger charge is 2.38. The van der Waals surface area contributed by atoms with Crippen LogP contribution in [0.15, 0.2) is 6.07 Å². The van der Waals surface area contributed by atoms with E-state index in [1.807, 2.05) is 0 Å². The molecule has 0 bridgehead atoms. The molecule has 3 N–H and O–H groups in total. The Kier molecular flexibility index (Phi) is 3.21. The number of aromatic nitrogens is 1. The predicted octanol–water partition coefficient (Wildman–Crippen LogP) is 2.32. The van der Waals surface area contributed by atoms with Gasteiger partial charge in [0.1, 0.15) is 17.1 Å². The van der Waals surface area contributed by atoms with Gasteiger partial charge in [0.25, 0.3) is 6.43 Å². The van der Waals surface area contributed by atoms with E-state index >= 15 is 0 Å². The van der Waals surface area contributed by atoms with Crippen LogP contribution in [0.4, 0.5) is 27.8 Å². The van der Waals surface area contributed by atoms with E-state index in [1.54, 1.807) is 0 Å². The summed E-state index contributed by atoms with van der Waals surface area (Å²) in [6.07, 6.45) is -8.38. The number of hydrogen-bond donors (Lipinski definition) is 2. The first-order valence-electron chi connectivity index (χ1n) is 4.03. The van der Waals surface area contributed by atoms with Gasteiger partial charge in [0, 0.05) is 0 Å². The van der Waals surface area contributed by atoms with Crippen molar-refractivity contribution < 1.29 is 31.9 Å². The van der Waals surface area contributed by atoms with Crippen LogP contribution < -0.4 is 5.73 Å². The van der Waals surface area contributed by atoms with Crippen molar-refractivity contribution in [3.8, 4) is 0 Å². The van der Waals surface area contributed by atoms with E-state index < -0.39 is 41.2 Å². The predicted molar refractivity (Wildman–Crippen MR) is 45.6 cm³/mol. The highest BCUT2D eigenvalue weighted by molar-refractivity contribution is 5.94. The average Bonchev–Trinajstić information content (AvgIpc) is 2.14. The van der Waals surface area contributed by atoms with Crippen molar-refractivity contribution >= 4 is 11.8 Å². The maximum Gasteiger partial charge on any atom is 0.417 e. The molecule has 4 nitrogen and oxygen atoms in total. The Morgan fingerprint density at radius 3 is 2.29 bits per heavy atom. The lowest BCUT2D eigenvalue weighted by Crippen LogP contribution is -2.17. The third kappa shape index (κ3) is 2.60. The van der Waals surface area contributed by atoms with Crippen LogP contribution in [0.3, 0.4) is 0 Å². The number of nitrogen functional groups attached to an aromatic ring is 1. The largest absolute Gasteiger partial charge is 0.478 e. The molecule has 0 saturated carbocycles. The van der Waals surface area contributed by atoms with Crippen molar-refractivity contribution in [1.82, 2.24) is 4.98 Å². The van der Waals surface area contributed by atoms with Gasteiger partial charge in [-0.2, -0.15) is 13.2 Å². The number of hydrogen-bond acceptors (Lipinski definition) is 3. The molecule has 0 amide bonds. The van der Waals surface area contributed by atoms with Crippen LogP contribution in [0.2, 0.25) is 0 Å². The number of carboxylic acids is 1. The Balaban J connectivity index is 3.57. The molecule has 0 atom stereocenters. The Hall–Kier alpha value is -1.93. The summed E-state index contributed by atoms with van der Waals surface area (Å²) in [6.45, 7) is 0. The SMILES string of the molecule is Nc1nc(C(F)F)cc(C(F)(F)F)c1C(=O)O. The fourth-order valence-electron chi connectivity index (χ4n) is 1.15. The molecule has 0 aliphatic carbocycles. The van der Waals surface area contributed by atoms with Crippen LogP contribution in [0.5, 0.6) is 0 Å². The van der Waals surface area contributed by atoms with Gasteiger partial charge in [-0.15, -0.1) is 0 Å². The summed E-state index contributed by atoms with van der Waals surface area (Å²) in [4.78, 5) is 13.5. The van der Waals surface area contributed by atoms with Crippen molar-refractivity contribution in [2.24, 2.45) is 0 Å². The molecule has 1 aromatic heterocycles. The molecule has 0 saturated heterocycles. The molecular formula is C8H5F5N2O2. The van der Waals surface area contributed by atoms with Gasteiger partial charge in [-0.05, 0) is 6.07 Å². The lowest BCUT2D eigenvalue weighted by molar-refractivity contribution is -0.138. The summed E-state index contributed by atoms with van der Waals surface area (Å²) >= 11 is 0. The molecule has 0 radical (unpaired) electrons. The summed E-state index contributed by atoms with van der Waals surface area (Å²) in [5.41, 5.74) is 0.636. The zero-order valence-electron chi connectivity index (χ0n) is 7.92. The molecule has 0 unspecified atom stereocenters. The topological polar surface area (TPSA) is 76.2 Å². The van der Waals surface area contributed by atoms with Crippen molar-refractivity contribution in [2.75, 3.05) is 5.73 Å². The first kappa shape index (κ1) is 13.1. The zero-order chi connectivity index (χ0) is 13.4. The number of pyridine rings is 1. The van der Waals surface area contributed by atoms with Gasteiger partial charge >= 0.3 is 12.1 Å². The summed E-state index contributed by atoms with van der Waals surface area (Å²) in [5.74, 6) is -3.08. The number of carbonyl (C=O) groups is 1. The molecule has 17 heavy (non-hydrogen) atoms. The monoisotopic (exact) mass is 256 g/mol. The van der Waals surface area contributed by atoms with Crippen molar-refractivity contribution in [3.05, 3.63) is 22.9 Å². The molecule has 1 aromatic rings. The second-order valence-electron chi connectivity index (χ2n) is 2.96. The van der Waals surface area contributed by atoms with E-state index in [4.69, 9.17) is 10.8 Å². The van der Waals surface area contributed by atoms with Crippen molar-refractivity contribution in [2.45, 2.75) is 12.6 Å². The number of carboxylic acid groups (broad SMARTS) is 1. The summed E-state index contributed by atoms with van der Waals surface area (Å²) in [7, 11) is 0. The Bertz CT molecular complexity index is 458. The van der Waals surface area contributed by atoms with Gasteiger partial charge in [-0.1, -0.05) is 0 Å². The summed E-state index contributed by atoms with van der Waals surface area (Å²) in [6, 6.07) is -0.0233. The Labute approximate surface area is 90.9 Å². The molecule has 0 aliphatic heterocycles. The van der Waals surface area contributed by atoms with Gasteiger partial charge < -0.3 is 10.8 Å². The number of alkyl halides is 5. The van der Waals surface area contributed by atoms with Crippen LogP contribution >= 0.6 is 0 Å². The molecule has 0 aliphatic rings. The minimum Gasteiger partial charge on any atom is -0.478 e. The second kappa shape index (κ2) is 4.15. The van der Waals surface area contributed by atoms with Crippen LogP contribution in [-0.2, 0) is 6.18 Å². The van der Waals surface area contributed by atoms with E-state index in [0.717, 1.165) is 0 Å². The number of anilines is 1. The maximum absolute atomic E-state index is 12.4. The highest BCUT2D eigenvalue weighted by Crippen LogP contribution is 2.35. The lowest BCUT2D eigenvalue weighted by Gasteiger charge is -2.13. The van der Waals surface area contributed by atoms with Gasteiger partial charge in [0.2, 0.25) is 0 Å². The minimum atomic E-state index is -5.10. The summed E-state index contributed by atoms with van der Waals surface area (Å²) < 4.78 is 61.8. The average molecular weight is 256 g/mol. The normalized spacial score (nSPS) is 11.9. The third-order valence-corrected chi connectivity index (χ3v) is 1.81. The quantitative estimate of drug-likeness (QED) is 0.796. The Morgan fingerprint density at radius 2 is 1.94 bits per heavy atom. The standard InChI is InChI=1S/C8H5F5N2O2/c9-5(10)3-1-2(8(11,12)13)4(7(16)17)6(14)15-3/h1,5H,(H2,14,15)(H,16,17). The molecule has 94 valence electrons. The van der Waals surface area contributed by atoms with E-state index in [1.165, 1.54) is 0 Å². The first-order valence-corrected chi connectivity index (χ1v) is 4.03. The lowest BCUT2D eigenvalue weighted by atomic mass is 10.1. The summed E-state index contributed by atoms with van der Waals surface area (Å²) in [5, 5.41) is 8.53. The fourth-order valence-corrected chi connectivity index (χ4v) is 1.15. The number of rotatable bonds is 2. The molecule has 0 fully saturated rings. The van der Waals surface area contributed by atoms with E-state index in [2.05, 4.69) is 4.98 Å². The minimum absolute atomic E-state index is 0.0233. The number of halogens is 5. The van der Waals surface area contributed by atoms with Crippen LogP contribution in [0, 0.1) is 0 Å². The van der Waals surface area contributed by atoms with Gasteiger partial charge in [0.15, 0.2) is 0 Å². The first-order chi connectivity index (χ1) is 7.64. The number of aromatic carboxylic acids is 1. The zero-order valence-corrected chi connectivity index (χ0v) is 7.92. The van der Waals surface area contributed by atoms with Gasteiger partial charge in [-0.3, -0.25) is 0 Å². The van der Waals surface area contributed by atoms with E-state index in [-0.39, 0.29) is 6.07 Å². The van der Waals surface area contributed by atoms with Gasteiger partial charge in [0.05, 0.1) is 5.56 Å². The maximum atomic E-state index is 12.4.